The zero-order chi connectivity index (χ0) is 28.3. The summed E-state index contributed by atoms with van der Waals surface area (Å²) in [7, 11) is 0. The van der Waals surface area contributed by atoms with Crippen molar-refractivity contribution in [2.24, 2.45) is 0 Å². The molecule has 0 amide bonds. The molecule has 4 aromatic carbocycles. The van der Waals surface area contributed by atoms with E-state index in [9.17, 15) is 0 Å². The molecule has 0 saturated carbocycles. The van der Waals surface area contributed by atoms with E-state index in [2.05, 4.69) is 74.5 Å². The van der Waals surface area contributed by atoms with Crippen LogP contribution in [0.3, 0.4) is 0 Å². The zero-order valence-electron chi connectivity index (χ0n) is 25.9. The van der Waals surface area contributed by atoms with E-state index in [1.807, 2.05) is 11.3 Å². The van der Waals surface area contributed by atoms with Crippen LogP contribution in [-0.4, -0.2) is 0 Å². The SMILES string of the molecule is CCCCCCCCCCc1ccc2cc3c(cc2c1)sc1cc2cc(CCCCCCCCCC)ccc2cc13. The van der Waals surface area contributed by atoms with Gasteiger partial charge in [0.2, 0.25) is 0 Å². The monoisotopic (exact) mass is 564 g/mol. The number of unbranched alkanes of at least 4 members (excludes halogenated alkanes) is 14. The Morgan fingerprint density at radius 2 is 0.780 bits per heavy atom. The maximum Gasteiger partial charge on any atom is 0.0361 e. The van der Waals surface area contributed by atoms with E-state index in [0.717, 1.165) is 0 Å². The van der Waals surface area contributed by atoms with Gasteiger partial charge in [0.05, 0.1) is 0 Å². The highest BCUT2D eigenvalue weighted by atomic mass is 32.1. The lowest BCUT2D eigenvalue weighted by atomic mass is 9.98. The summed E-state index contributed by atoms with van der Waals surface area (Å²) in [6.07, 6.45) is 24.6. The molecule has 0 aliphatic carbocycles. The van der Waals surface area contributed by atoms with Crippen molar-refractivity contribution in [1.82, 2.24) is 0 Å². The van der Waals surface area contributed by atoms with E-state index >= 15 is 0 Å². The lowest BCUT2D eigenvalue weighted by Gasteiger charge is -2.06. The molecule has 0 bridgehead atoms. The number of hydrogen-bond acceptors (Lipinski definition) is 1. The molecule has 0 atom stereocenters. The largest absolute Gasteiger partial charge is 0.135 e. The second-order valence-corrected chi connectivity index (χ2v) is 13.7. The molecule has 0 aliphatic heterocycles. The van der Waals surface area contributed by atoms with E-state index in [0.29, 0.717) is 0 Å². The predicted molar refractivity (Wildman–Crippen MR) is 187 cm³/mol. The molecule has 0 aliphatic rings. The Morgan fingerprint density at radius 1 is 0.390 bits per heavy atom. The topological polar surface area (TPSA) is 0 Å². The van der Waals surface area contributed by atoms with Gasteiger partial charge in [-0.1, -0.05) is 140 Å². The van der Waals surface area contributed by atoms with E-state index in [-0.39, 0.29) is 0 Å². The van der Waals surface area contributed by atoms with Crippen molar-refractivity contribution in [2.75, 3.05) is 0 Å². The molecule has 1 heterocycles. The van der Waals surface area contributed by atoms with Crippen molar-refractivity contribution < 1.29 is 0 Å². The van der Waals surface area contributed by atoms with Gasteiger partial charge in [0.15, 0.2) is 0 Å². The van der Waals surface area contributed by atoms with Crippen LogP contribution in [-0.2, 0) is 12.8 Å². The van der Waals surface area contributed by atoms with Crippen LogP contribution in [0.5, 0.6) is 0 Å². The maximum atomic E-state index is 2.45. The molecular weight excluding hydrogens is 513 g/mol. The molecule has 0 N–H and O–H groups in total. The number of aryl methyl sites for hydroxylation is 2. The van der Waals surface area contributed by atoms with Crippen molar-refractivity contribution in [3.8, 4) is 0 Å². The Balaban J connectivity index is 1.22. The van der Waals surface area contributed by atoms with E-state index in [1.165, 1.54) is 168 Å². The molecule has 5 aromatic rings. The summed E-state index contributed by atoms with van der Waals surface area (Å²) in [5.41, 5.74) is 3.00. The van der Waals surface area contributed by atoms with Crippen molar-refractivity contribution in [3.63, 3.8) is 0 Å². The first-order valence-electron chi connectivity index (χ1n) is 17.1. The molecule has 41 heavy (non-hydrogen) atoms. The summed E-state index contributed by atoms with van der Waals surface area (Å²) in [6, 6.07) is 24.1. The fourth-order valence-electron chi connectivity index (χ4n) is 6.60. The van der Waals surface area contributed by atoms with Gasteiger partial charge in [0.25, 0.3) is 0 Å². The number of rotatable bonds is 18. The minimum atomic E-state index is 1.21. The third-order valence-electron chi connectivity index (χ3n) is 9.15. The first-order valence-corrected chi connectivity index (χ1v) is 17.9. The molecule has 0 fully saturated rings. The van der Waals surface area contributed by atoms with E-state index in [4.69, 9.17) is 0 Å². The van der Waals surface area contributed by atoms with Crippen molar-refractivity contribution >= 4 is 53.1 Å². The molecule has 0 saturated heterocycles. The second-order valence-electron chi connectivity index (χ2n) is 12.6. The lowest BCUT2D eigenvalue weighted by molar-refractivity contribution is 0.575. The van der Waals surface area contributed by atoms with Crippen molar-refractivity contribution in [3.05, 3.63) is 71.8 Å². The Hall–Kier alpha value is -2.38. The van der Waals surface area contributed by atoms with Gasteiger partial charge in [-0.3, -0.25) is 0 Å². The Morgan fingerprint density at radius 3 is 1.20 bits per heavy atom. The average Bonchev–Trinajstić information content (AvgIpc) is 3.33. The maximum absolute atomic E-state index is 2.45. The fourth-order valence-corrected chi connectivity index (χ4v) is 7.76. The van der Waals surface area contributed by atoms with Gasteiger partial charge >= 0.3 is 0 Å². The van der Waals surface area contributed by atoms with Gasteiger partial charge in [-0.05, 0) is 82.6 Å². The van der Waals surface area contributed by atoms with Crippen molar-refractivity contribution in [1.29, 1.82) is 0 Å². The molecule has 0 radical (unpaired) electrons. The predicted octanol–water partition coefficient (Wildman–Crippen LogP) is 13.7. The van der Waals surface area contributed by atoms with Gasteiger partial charge in [-0.2, -0.15) is 0 Å². The minimum absolute atomic E-state index is 1.21. The van der Waals surface area contributed by atoms with Gasteiger partial charge in [0.1, 0.15) is 0 Å². The van der Waals surface area contributed by atoms with Crippen molar-refractivity contribution in [2.45, 2.75) is 129 Å². The number of benzene rings is 4. The summed E-state index contributed by atoms with van der Waals surface area (Å²) in [5, 5.41) is 8.38. The summed E-state index contributed by atoms with van der Waals surface area (Å²) in [5.74, 6) is 0. The van der Waals surface area contributed by atoms with Crippen LogP contribution in [0.2, 0.25) is 0 Å². The summed E-state index contributed by atoms with van der Waals surface area (Å²) < 4.78 is 2.84. The molecule has 1 aromatic heterocycles. The van der Waals surface area contributed by atoms with E-state index < -0.39 is 0 Å². The van der Waals surface area contributed by atoms with Crippen LogP contribution in [0.4, 0.5) is 0 Å². The number of thiophene rings is 1. The fraction of sp³-hybridized carbons (Fsp3) is 0.500. The third kappa shape index (κ3) is 8.35. The zero-order valence-corrected chi connectivity index (χ0v) is 26.7. The van der Waals surface area contributed by atoms with Crippen LogP contribution in [0.15, 0.2) is 60.7 Å². The lowest BCUT2D eigenvalue weighted by Crippen LogP contribution is -1.87. The van der Waals surface area contributed by atoms with Crippen LogP contribution in [0.25, 0.3) is 41.7 Å². The molecule has 0 unspecified atom stereocenters. The normalized spacial score (nSPS) is 12.0. The quantitative estimate of drug-likeness (QED) is 0.0928. The van der Waals surface area contributed by atoms with Gasteiger partial charge in [-0.25, -0.2) is 0 Å². The second kappa shape index (κ2) is 15.7. The standard InChI is InChI=1S/C40H52S/c1-3-5-7-9-11-13-15-17-19-31-21-23-33-27-37-38-28-34-24-22-32(20-18-16-14-12-10-8-6-4-2)26-36(34)30-40(38)41-39(37)29-35(33)25-31/h21-30H,3-20H2,1-2H3. The number of fused-ring (bicyclic) bond motifs is 5. The van der Waals surface area contributed by atoms with Crippen LogP contribution < -0.4 is 0 Å². The molecule has 0 spiro atoms. The smallest absolute Gasteiger partial charge is 0.0361 e. The Labute approximate surface area is 253 Å². The minimum Gasteiger partial charge on any atom is -0.135 e. The molecule has 0 nitrogen and oxygen atoms in total. The summed E-state index contributed by atoms with van der Waals surface area (Å²) in [6.45, 7) is 4.59. The first-order chi connectivity index (χ1) is 20.2. The van der Waals surface area contributed by atoms with Gasteiger partial charge < -0.3 is 0 Å². The van der Waals surface area contributed by atoms with Crippen LogP contribution in [0, 0.1) is 0 Å². The van der Waals surface area contributed by atoms with Gasteiger partial charge in [0, 0.05) is 20.2 Å². The molecule has 1 heteroatoms. The third-order valence-corrected chi connectivity index (χ3v) is 10.3. The van der Waals surface area contributed by atoms with Gasteiger partial charge in [-0.15, -0.1) is 11.3 Å². The molecule has 5 rings (SSSR count). The van der Waals surface area contributed by atoms with Crippen LogP contribution >= 0.6 is 11.3 Å². The Kier molecular flexibility index (Phi) is 11.5. The highest BCUT2D eigenvalue weighted by Gasteiger charge is 2.10. The van der Waals surface area contributed by atoms with Crippen LogP contribution in [0.1, 0.15) is 128 Å². The number of hydrogen-bond donors (Lipinski definition) is 0. The average molecular weight is 565 g/mol. The Bertz CT molecular complexity index is 1410. The molecule has 218 valence electrons. The first kappa shape index (κ1) is 30.1. The molecular formula is C40H52S. The summed E-state index contributed by atoms with van der Waals surface area (Å²) in [4.78, 5) is 0. The van der Waals surface area contributed by atoms with E-state index in [1.54, 1.807) is 0 Å². The highest BCUT2D eigenvalue weighted by molar-refractivity contribution is 7.26. The summed E-state index contributed by atoms with van der Waals surface area (Å²) >= 11 is 1.97. The highest BCUT2D eigenvalue weighted by Crippen LogP contribution is 2.39.